The zero-order valence-electron chi connectivity index (χ0n) is 9.89. The van der Waals surface area contributed by atoms with Crippen LogP contribution in [-0.2, 0) is 10.0 Å². The van der Waals surface area contributed by atoms with Gasteiger partial charge in [-0.2, -0.15) is 0 Å². The number of quaternary nitrogens is 1. The Hall–Kier alpha value is -1.63. The van der Waals surface area contributed by atoms with E-state index in [-0.39, 0.29) is 4.90 Å². The minimum Gasteiger partial charge on any atom is -0.379 e. The molecule has 18 heavy (non-hydrogen) atoms. The zero-order chi connectivity index (χ0) is 13.2. The van der Waals surface area contributed by atoms with Crippen molar-refractivity contribution in [3.63, 3.8) is 0 Å². The van der Waals surface area contributed by atoms with Gasteiger partial charge in [-0.1, -0.05) is 24.3 Å². The fraction of sp³-hybridized carbons (Fsp3) is 0.167. The van der Waals surface area contributed by atoms with Crippen molar-refractivity contribution >= 4 is 26.5 Å². The van der Waals surface area contributed by atoms with E-state index in [1.165, 1.54) is 6.07 Å². The van der Waals surface area contributed by atoms with Crippen molar-refractivity contribution in [3.05, 3.63) is 36.4 Å². The Kier molecular flexibility index (Phi) is 3.51. The molecule has 0 fully saturated rings. The molecule has 0 atom stereocenters. The standard InChI is InChI=1S/C12H15N3O2S/c13-7-8-15-11-5-1-4-10-9(11)3-2-6-12(10)18(14,16)17/h1-6,15H,7-8,13H2,(H2,14,16,17)/p+1. The SMILES string of the molecule is NS(=O)(=O)c1cccc2c(NCC[NH3+])cccc12. The lowest BCUT2D eigenvalue weighted by atomic mass is 10.1. The van der Waals surface area contributed by atoms with Crippen LogP contribution in [0.5, 0.6) is 0 Å². The average Bonchev–Trinajstić information content (AvgIpc) is 2.34. The van der Waals surface area contributed by atoms with Crippen LogP contribution in [0.2, 0.25) is 0 Å². The molecular weight excluding hydrogens is 250 g/mol. The van der Waals surface area contributed by atoms with E-state index in [4.69, 9.17) is 5.14 Å². The van der Waals surface area contributed by atoms with E-state index < -0.39 is 10.0 Å². The molecular formula is C12H16N3O2S+. The topological polar surface area (TPSA) is 99.8 Å². The summed E-state index contributed by atoms with van der Waals surface area (Å²) >= 11 is 0. The lowest BCUT2D eigenvalue weighted by Crippen LogP contribution is -2.53. The summed E-state index contributed by atoms with van der Waals surface area (Å²) in [7, 11) is -3.71. The number of nitrogens with two attached hydrogens (primary N) is 1. The summed E-state index contributed by atoms with van der Waals surface area (Å²) in [5.41, 5.74) is 4.65. The Morgan fingerprint density at radius 3 is 2.44 bits per heavy atom. The Morgan fingerprint density at radius 2 is 1.78 bits per heavy atom. The number of nitrogens with one attached hydrogen (secondary N) is 1. The lowest BCUT2D eigenvalue weighted by molar-refractivity contribution is -0.362. The number of rotatable bonds is 4. The highest BCUT2D eigenvalue weighted by Gasteiger charge is 2.13. The number of hydrogen-bond acceptors (Lipinski definition) is 3. The molecule has 0 aliphatic heterocycles. The molecule has 0 bridgehead atoms. The van der Waals surface area contributed by atoms with Gasteiger partial charge in [0, 0.05) is 16.5 Å². The fourth-order valence-corrected chi connectivity index (χ4v) is 2.66. The van der Waals surface area contributed by atoms with Crippen molar-refractivity contribution in [3.8, 4) is 0 Å². The Balaban J connectivity index is 2.66. The van der Waals surface area contributed by atoms with Crippen molar-refractivity contribution in [2.24, 2.45) is 5.14 Å². The van der Waals surface area contributed by atoms with Gasteiger partial charge in [0.2, 0.25) is 10.0 Å². The van der Waals surface area contributed by atoms with E-state index in [0.29, 0.717) is 5.39 Å². The van der Waals surface area contributed by atoms with Gasteiger partial charge in [0.1, 0.15) is 0 Å². The van der Waals surface area contributed by atoms with Crippen molar-refractivity contribution in [1.82, 2.24) is 0 Å². The number of anilines is 1. The summed E-state index contributed by atoms with van der Waals surface area (Å²) in [6.45, 7) is 1.49. The monoisotopic (exact) mass is 266 g/mol. The summed E-state index contributed by atoms with van der Waals surface area (Å²) < 4.78 is 23.0. The second-order valence-electron chi connectivity index (χ2n) is 3.98. The molecule has 6 heteroatoms. The summed E-state index contributed by atoms with van der Waals surface area (Å²) in [5, 5.41) is 9.91. The summed E-state index contributed by atoms with van der Waals surface area (Å²) in [5.74, 6) is 0. The second-order valence-corrected chi connectivity index (χ2v) is 5.51. The van der Waals surface area contributed by atoms with Crippen LogP contribution in [0.4, 0.5) is 5.69 Å². The molecule has 0 aromatic heterocycles. The fourth-order valence-electron chi connectivity index (χ4n) is 1.91. The molecule has 5 nitrogen and oxygen atoms in total. The molecule has 2 rings (SSSR count). The zero-order valence-corrected chi connectivity index (χ0v) is 10.7. The predicted octanol–water partition coefficient (Wildman–Crippen LogP) is 0.141. The summed E-state index contributed by atoms with van der Waals surface area (Å²) in [4.78, 5) is 0.151. The molecule has 0 radical (unpaired) electrons. The average molecular weight is 266 g/mol. The molecule has 2 aromatic carbocycles. The molecule has 0 spiro atoms. The summed E-state index contributed by atoms with van der Waals surface area (Å²) in [6.07, 6.45) is 0. The van der Waals surface area contributed by atoms with Gasteiger partial charge in [0.15, 0.2) is 0 Å². The van der Waals surface area contributed by atoms with Gasteiger partial charge < -0.3 is 11.1 Å². The van der Waals surface area contributed by atoms with E-state index in [2.05, 4.69) is 11.1 Å². The van der Waals surface area contributed by atoms with Gasteiger partial charge in [0.25, 0.3) is 0 Å². The molecule has 0 unspecified atom stereocenters. The predicted molar refractivity (Wildman–Crippen MR) is 71.6 cm³/mol. The van der Waals surface area contributed by atoms with Crippen LogP contribution in [0.3, 0.4) is 0 Å². The first-order valence-corrected chi connectivity index (χ1v) is 7.16. The molecule has 0 aliphatic rings. The maximum Gasteiger partial charge on any atom is 0.238 e. The number of fused-ring (bicyclic) bond motifs is 1. The first-order valence-electron chi connectivity index (χ1n) is 5.61. The van der Waals surface area contributed by atoms with Crippen LogP contribution in [0.1, 0.15) is 0 Å². The van der Waals surface area contributed by atoms with Gasteiger partial charge in [0.05, 0.1) is 18.0 Å². The first kappa shape index (κ1) is 12.8. The Morgan fingerprint density at radius 1 is 1.11 bits per heavy atom. The smallest absolute Gasteiger partial charge is 0.238 e. The third-order valence-electron chi connectivity index (χ3n) is 2.68. The largest absolute Gasteiger partial charge is 0.379 e. The molecule has 6 N–H and O–H groups in total. The normalized spacial score (nSPS) is 11.7. The van der Waals surface area contributed by atoms with E-state index in [0.717, 1.165) is 24.2 Å². The van der Waals surface area contributed by atoms with E-state index in [1.807, 2.05) is 18.2 Å². The maximum atomic E-state index is 11.5. The van der Waals surface area contributed by atoms with Crippen LogP contribution < -0.4 is 16.2 Å². The van der Waals surface area contributed by atoms with Gasteiger partial charge in [-0.3, -0.25) is 0 Å². The molecule has 2 aromatic rings. The maximum absolute atomic E-state index is 11.5. The first-order chi connectivity index (χ1) is 8.54. The molecule has 0 saturated carbocycles. The van der Waals surface area contributed by atoms with Gasteiger partial charge in [-0.05, 0) is 12.1 Å². The number of primary sulfonamides is 1. The highest BCUT2D eigenvalue weighted by Crippen LogP contribution is 2.27. The quantitative estimate of drug-likeness (QED) is 0.734. The van der Waals surface area contributed by atoms with Gasteiger partial charge >= 0.3 is 0 Å². The van der Waals surface area contributed by atoms with Crippen molar-refractivity contribution in [2.75, 3.05) is 18.4 Å². The van der Waals surface area contributed by atoms with Gasteiger partial charge in [-0.25, -0.2) is 13.6 Å². The van der Waals surface area contributed by atoms with Crippen LogP contribution >= 0.6 is 0 Å². The van der Waals surface area contributed by atoms with Crippen LogP contribution in [0, 0.1) is 0 Å². The van der Waals surface area contributed by atoms with E-state index in [9.17, 15) is 8.42 Å². The number of hydrogen-bond donors (Lipinski definition) is 3. The van der Waals surface area contributed by atoms with Crippen LogP contribution in [0.15, 0.2) is 41.3 Å². The molecule has 0 heterocycles. The Labute approximate surface area is 106 Å². The highest BCUT2D eigenvalue weighted by atomic mass is 32.2. The number of benzene rings is 2. The molecule has 96 valence electrons. The third-order valence-corrected chi connectivity index (χ3v) is 3.65. The summed E-state index contributed by atoms with van der Waals surface area (Å²) in [6, 6.07) is 10.5. The van der Waals surface area contributed by atoms with Gasteiger partial charge in [-0.15, -0.1) is 0 Å². The molecule has 0 amide bonds. The van der Waals surface area contributed by atoms with Crippen molar-refractivity contribution in [2.45, 2.75) is 4.90 Å². The second kappa shape index (κ2) is 4.93. The van der Waals surface area contributed by atoms with Crippen LogP contribution in [0.25, 0.3) is 10.8 Å². The van der Waals surface area contributed by atoms with Crippen molar-refractivity contribution in [1.29, 1.82) is 0 Å². The molecule has 0 saturated heterocycles. The third kappa shape index (κ3) is 2.45. The number of sulfonamides is 1. The Bertz CT molecular complexity index is 668. The van der Waals surface area contributed by atoms with Crippen molar-refractivity contribution < 1.29 is 14.2 Å². The minimum atomic E-state index is -3.71. The molecule has 0 aliphatic carbocycles. The van der Waals surface area contributed by atoms with E-state index in [1.54, 1.807) is 12.1 Å². The van der Waals surface area contributed by atoms with E-state index >= 15 is 0 Å². The van der Waals surface area contributed by atoms with Crippen LogP contribution in [-0.4, -0.2) is 21.5 Å². The lowest BCUT2D eigenvalue weighted by Gasteiger charge is -2.10. The highest BCUT2D eigenvalue weighted by molar-refractivity contribution is 7.89. The minimum absolute atomic E-state index is 0.151.